The number of pyridine rings is 1. The van der Waals surface area contributed by atoms with Crippen molar-refractivity contribution >= 4 is 28.5 Å². The van der Waals surface area contributed by atoms with E-state index in [1.165, 1.54) is 56.3 Å². The van der Waals surface area contributed by atoms with Gasteiger partial charge in [0, 0.05) is 29.9 Å². The number of likely N-dealkylation sites (tertiary alicyclic amines) is 1. The molecule has 2 aromatic rings. The lowest BCUT2D eigenvalue weighted by Gasteiger charge is -2.37. The second-order valence-electron chi connectivity index (χ2n) is 11.8. The van der Waals surface area contributed by atoms with Gasteiger partial charge in [0.2, 0.25) is 11.8 Å². The SMILES string of the molecule is CC(C)(C)[C@H](NC(=O)C(F)(F)F)C(=O)N1C[C@H]2[C@@H]([C@H]1C(=O)NC(C#N)c1cncc3ccc(F)cc13)C2(C)C. The van der Waals surface area contributed by atoms with Crippen molar-refractivity contribution in [3.8, 4) is 6.07 Å². The van der Waals surface area contributed by atoms with Gasteiger partial charge < -0.3 is 15.5 Å². The average molecular weight is 548 g/mol. The van der Waals surface area contributed by atoms with Crippen LogP contribution in [0.4, 0.5) is 17.6 Å². The van der Waals surface area contributed by atoms with Crippen molar-refractivity contribution in [2.45, 2.75) is 58.9 Å². The van der Waals surface area contributed by atoms with Crippen molar-refractivity contribution in [3.05, 3.63) is 42.0 Å². The molecule has 39 heavy (non-hydrogen) atoms. The van der Waals surface area contributed by atoms with E-state index >= 15 is 0 Å². The number of halogens is 4. The lowest BCUT2D eigenvalue weighted by Crippen LogP contribution is -2.60. The van der Waals surface area contributed by atoms with Gasteiger partial charge in [-0.25, -0.2) is 4.39 Å². The lowest BCUT2D eigenvalue weighted by molar-refractivity contribution is -0.176. The molecule has 0 bridgehead atoms. The first-order valence-electron chi connectivity index (χ1n) is 12.4. The van der Waals surface area contributed by atoms with E-state index < -0.39 is 53.3 Å². The van der Waals surface area contributed by atoms with E-state index in [2.05, 4.69) is 10.3 Å². The Balaban J connectivity index is 1.64. The maximum Gasteiger partial charge on any atom is 0.471 e. The Labute approximate surface area is 222 Å². The standard InChI is InChI=1S/C27H29F4N5O3/c1-25(2,3)21(35-24(39)27(29,30)31)23(38)36-12-17-19(26(17,4)5)20(36)22(37)34-18(9-32)16-11-33-10-13-6-7-14(28)8-15(13)16/h6-8,10-11,17-21H,12H2,1-5H3,(H,34,37)(H,35,39)/t17-,18?,19-,20-,21+/m0/s1. The van der Waals surface area contributed by atoms with Crippen LogP contribution in [0.15, 0.2) is 30.6 Å². The predicted molar refractivity (Wildman–Crippen MR) is 132 cm³/mol. The number of nitrogens with zero attached hydrogens (tertiary/aromatic N) is 3. The van der Waals surface area contributed by atoms with Gasteiger partial charge in [-0.05, 0) is 46.3 Å². The van der Waals surface area contributed by atoms with Crippen LogP contribution in [-0.2, 0) is 14.4 Å². The van der Waals surface area contributed by atoms with E-state index in [4.69, 9.17) is 0 Å². The maximum absolute atomic E-state index is 14.0. The second-order valence-corrected chi connectivity index (χ2v) is 11.8. The second kappa shape index (κ2) is 9.47. The summed E-state index contributed by atoms with van der Waals surface area (Å²) in [7, 11) is 0. The van der Waals surface area contributed by atoms with E-state index in [9.17, 15) is 37.2 Å². The van der Waals surface area contributed by atoms with Crippen molar-refractivity contribution in [3.63, 3.8) is 0 Å². The molecule has 4 rings (SSSR count). The highest BCUT2D eigenvalue weighted by Gasteiger charge is 2.70. The van der Waals surface area contributed by atoms with Crippen molar-refractivity contribution in [1.82, 2.24) is 20.5 Å². The number of benzene rings is 1. The van der Waals surface area contributed by atoms with E-state index in [0.717, 1.165) is 0 Å². The van der Waals surface area contributed by atoms with Crippen molar-refractivity contribution in [2.75, 3.05) is 6.54 Å². The first-order valence-corrected chi connectivity index (χ1v) is 12.4. The third kappa shape index (κ3) is 5.14. The predicted octanol–water partition coefficient (Wildman–Crippen LogP) is 3.63. The first kappa shape index (κ1) is 28.3. The normalized spacial score (nSPS) is 23.4. The molecule has 2 aliphatic rings. The molecule has 2 heterocycles. The summed E-state index contributed by atoms with van der Waals surface area (Å²) in [6, 6.07) is 2.08. The number of carbonyl (C=O) groups is 3. The highest BCUT2D eigenvalue weighted by atomic mass is 19.4. The summed E-state index contributed by atoms with van der Waals surface area (Å²) in [4.78, 5) is 44.3. The fourth-order valence-corrected chi connectivity index (χ4v) is 5.64. The number of nitriles is 1. The first-order chi connectivity index (χ1) is 18.0. The molecule has 1 aromatic heterocycles. The van der Waals surface area contributed by atoms with Crippen molar-refractivity contribution < 1.29 is 31.9 Å². The number of aromatic nitrogens is 1. The minimum Gasteiger partial charge on any atom is -0.336 e. The quantitative estimate of drug-likeness (QED) is 0.555. The number of rotatable bonds is 5. The summed E-state index contributed by atoms with van der Waals surface area (Å²) in [6.07, 6.45) is -2.35. The Morgan fingerprint density at radius 3 is 2.41 bits per heavy atom. The number of piperidine rings is 1. The molecule has 208 valence electrons. The number of nitrogens with one attached hydrogen (secondary N) is 2. The Morgan fingerprint density at radius 1 is 1.15 bits per heavy atom. The maximum atomic E-state index is 14.0. The van der Waals surface area contributed by atoms with Crippen LogP contribution in [0.25, 0.3) is 10.8 Å². The van der Waals surface area contributed by atoms with Gasteiger partial charge in [0.1, 0.15) is 23.9 Å². The van der Waals surface area contributed by atoms with Crippen LogP contribution in [0.2, 0.25) is 0 Å². The van der Waals surface area contributed by atoms with Crippen LogP contribution in [0.5, 0.6) is 0 Å². The van der Waals surface area contributed by atoms with Gasteiger partial charge >= 0.3 is 12.1 Å². The van der Waals surface area contributed by atoms with E-state index in [0.29, 0.717) is 10.8 Å². The van der Waals surface area contributed by atoms with Crippen LogP contribution in [0.3, 0.4) is 0 Å². The Kier molecular flexibility index (Phi) is 6.86. The molecule has 1 saturated carbocycles. The Bertz CT molecular complexity index is 1380. The van der Waals surface area contributed by atoms with Crippen molar-refractivity contribution in [1.29, 1.82) is 5.26 Å². The third-order valence-electron chi connectivity index (χ3n) is 7.89. The molecule has 0 spiro atoms. The zero-order valence-corrected chi connectivity index (χ0v) is 22.1. The Hall–Kier alpha value is -3.75. The molecule has 1 aromatic carbocycles. The van der Waals surface area contributed by atoms with E-state index in [1.807, 2.05) is 19.9 Å². The van der Waals surface area contributed by atoms with Crippen LogP contribution in [0, 0.1) is 39.8 Å². The summed E-state index contributed by atoms with van der Waals surface area (Å²) >= 11 is 0. The summed E-state index contributed by atoms with van der Waals surface area (Å²) in [5.74, 6) is -4.67. The van der Waals surface area contributed by atoms with Crippen molar-refractivity contribution in [2.24, 2.45) is 22.7 Å². The number of fused-ring (bicyclic) bond motifs is 2. The highest BCUT2D eigenvalue weighted by molar-refractivity contribution is 5.95. The van der Waals surface area contributed by atoms with Crippen LogP contribution >= 0.6 is 0 Å². The van der Waals surface area contributed by atoms with Gasteiger partial charge in [0.05, 0.1) is 6.07 Å². The zero-order chi connectivity index (χ0) is 29.1. The fraction of sp³-hybridized carbons (Fsp3) is 0.519. The molecule has 0 radical (unpaired) electrons. The molecule has 1 saturated heterocycles. The van der Waals surface area contributed by atoms with Gasteiger partial charge in [0.25, 0.3) is 0 Å². The molecular weight excluding hydrogens is 518 g/mol. The fourth-order valence-electron chi connectivity index (χ4n) is 5.64. The monoisotopic (exact) mass is 547 g/mol. The number of alkyl halides is 3. The van der Waals surface area contributed by atoms with Gasteiger partial charge in [-0.3, -0.25) is 19.4 Å². The highest BCUT2D eigenvalue weighted by Crippen LogP contribution is 2.65. The summed E-state index contributed by atoms with van der Waals surface area (Å²) < 4.78 is 53.1. The average Bonchev–Trinajstić information content (AvgIpc) is 3.16. The smallest absolute Gasteiger partial charge is 0.336 e. The van der Waals surface area contributed by atoms with E-state index in [-0.39, 0.29) is 29.4 Å². The van der Waals surface area contributed by atoms with Crippen LogP contribution in [0.1, 0.15) is 46.2 Å². The van der Waals surface area contributed by atoms with Gasteiger partial charge in [-0.1, -0.05) is 34.6 Å². The van der Waals surface area contributed by atoms with Crippen LogP contribution < -0.4 is 10.6 Å². The van der Waals surface area contributed by atoms with Crippen LogP contribution in [-0.4, -0.2) is 52.4 Å². The lowest BCUT2D eigenvalue weighted by atomic mass is 9.85. The summed E-state index contributed by atoms with van der Waals surface area (Å²) in [6.45, 7) is 8.51. The van der Waals surface area contributed by atoms with E-state index in [1.54, 1.807) is 5.32 Å². The molecule has 2 N–H and O–H groups in total. The summed E-state index contributed by atoms with van der Waals surface area (Å²) in [5.41, 5.74) is -1.16. The molecule has 8 nitrogen and oxygen atoms in total. The molecule has 1 unspecified atom stereocenters. The van der Waals surface area contributed by atoms with Gasteiger partial charge in [-0.2, -0.15) is 18.4 Å². The molecule has 1 aliphatic carbocycles. The Morgan fingerprint density at radius 2 is 1.82 bits per heavy atom. The number of hydrogen-bond acceptors (Lipinski definition) is 5. The topological polar surface area (TPSA) is 115 Å². The number of amides is 3. The zero-order valence-electron chi connectivity index (χ0n) is 22.1. The molecule has 3 amide bonds. The largest absolute Gasteiger partial charge is 0.471 e. The number of carbonyl (C=O) groups excluding carboxylic acids is 3. The minimum atomic E-state index is -5.19. The molecular formula is C27H29F4N5O3. The van der Waals surface area contributed by atoms with Gasteiger partial charge in [-0.15, -0.1) is 0 Å². The molecule has 12 heteroatoms. The molecule has 5 atom stereocenters. The van der Waals surface area contributed by atoms with Gasteiger partial charge in [0.15, 0.2) is 0 Å². The third-order valence-corrected chi connectivity index (χ3v) is 7.89. The number of hydrogen-bond donors (Lipinski definition) is 2. The summed E-state index contributed by atoms with van der Waals surface area (Å²) in [5, 5.41) is 15.3. The molecule has 1 aliphatic heterocycles. The molecule has 2 fully saturated rings. The minimum absolute atomic E-state index is 0.0926.